The normalized spacial score (nSPS) is 13.3. The number of halogens is 2. The number of hydrogen-bond donors (Lipinski definition) is 0. The van der Waals surface area contributed by atoms with Crippen LogP contribution in [0, 0.1) is 10.6 Å². The first kappa shape index (κ1) is 16.4. The third-order valence-corrected chi connectivity index (χ3v) is 4.58. The Bertz CT molecular complexity index is 700. The molecule has 0 radical (unpaired) electrons. The molecule has 2 aromatic rings. The van der Waals surface area contributed by atoms with Gasteiger partial charge in [-0.3, -0.25) is 8.86 Å². The highest BCUT2D eigenvalue weighted by molar-refractivity contribution is 14.1. The van der Waals surface area contributed by atoms with Crippen LogP contribution in [0.1, 0.15) is 5.56 Å². The SMILES string of the molecule is Cc1ccc(S(=O)(=O)OCC(F)Cn2ccc(I)n2)cc1. The lowest BCUT2D eigenvalue weighted by Gasteiger charge is -2.10. The first-order valence-electron chi connectivity index (χ1n) is 6.16. The molecule has 1 aromatic heterocycles. The van der Waals surface area contributed by atoms with Gasteiger partial charge in [-0.05, 0) is 47.7 Å². The number of rotatable bonds is 6. The Labute approximate surface area is 136 Å². The Hall–Kier alpha value is -1.00. The molecule has 0 bridgehead atoms. The van der Waals surface area contributed by atoms with E-state index in [4.69, 9.17) is 4.18 Å². The summed E-state index contributed by atoms with van der Waals surface area (Å²) in [7, 11) is -3.93. The van der Waals surface area contributed by atoms with Gasteiger partial charge >= 0.3 is 0 Å². The van der Waals surface area contributed by atoms with Gasteiger partial charge in [-0.1, -0.05) is 17.7 Å². The molecule has 0 spiro atoms. The lowest BCUT2D eigenvalue weighted by molar-refractivity contribution is 0.178. The second-order valence-electron chi connectivity index (χ2n) is 4.51. The fraction of sp³-hybridized carbons (Fsp3) is 0.308. The second kappa shape index (κ2) is 6.84. The van der Waals surface area contributed by atoms with Crippen LogP contribution in [0.2, 0.25) is 0 Å². The van der Waals surface area contributed by atoms with Crippen LogP contribution in [-0.2, 0) is 20.8 Å². The standard InChI is InChI=1S/C13H14FIN2O3S/c1-10-2-4-12(5-3-10)21(18,19)20-9-11(14)8-17-7-6-13(15)16-17/h2-7,11H,8-9H2,1H3. The van der Waals surface area contributed by atoms with E-state index in [0.717, 1.165) is 9.26 Å². The predicted octanol–water partition coefficient (Wildman–Crippen LogP) is 2.54. The van der Waals surface area contributed by atoms with Gasteiger partial charge in [0.15, 0.2) is 0 Å². The average Bonchev–Trinajstić information content (AvgIpc) is 2.82. The molecular weight excluding hydrogens is 410 g/mol. The van der Waals surface area contributed by atoms with Gasteiger partial charge in [0.05, 0.1) is 18.0 Å². The number of benzene rings is 1. The second-order valence-corrected chi connectivity index (χ2v) is 7.23. The van der Waals surface area contributed by atoms with Crippen LogP contribution in [0.5, 0.6) is 0 Å². The van der Waals surface area contributed by atoms with Crippen molar-refractivity contribution in [2.24, 2.45) is 0 Å². The molecule has 21 heavy (non-hydrogen) atoms. The minimum atomic E-state index is -3.93. The first-order chi connectivity index (χ1) is 9.87. The Kier molecular flexibility index (Phi) is 5.33. The van der Waals surface area contributed by atoms with E-state index < -0.39 is 22.9 Å². The third-order valence-electron chi connectivity index (χ3n) is 2.71. The van der Waals surface area contributed by atoms with E-state index in [2.05, 4.69) is 5.10 Å². The number of aryl methyl sites for hydroxylation is 1. The highest BCUT2D eigenvalue weighted by Gasteiger charge is 2.18. The van der Waals surface area contributed by atoms with Crippen molar-refractivity contribution < 1.29 is 17.0 Å². The Morgan fingerprint density at radius 3 is 2.57 bits per heavy atom. The highest BCUT2D eigenvalue weighted by atomic mass is 127. The van der Waals surface area contributed by atoms with Gasteiger partial charge in [-0.15, -0.1) is 0 Å². The molecule has 0 saturated carbocycles. The van der Waals surface area contributed by atoms with Gasteiger partial charge < -0.3 is 0 Å². The summed E-state index contributed by atoms with van der Waals surface area (Å²) >= 11 is 2.01. The molecule has 1 unspecified atom stereocenters. The molecule has 0 aliphatic carbocycles. The molecule has 0 amide bonds. The summed E-state index contributed by atoms with van der Waals surface area (Å²) in [6, 6.07) is 7.93. The van der Waals surface area contributed by atoms with Crippen molar-refractivity contribution in [1.82, 2.24) is 9.78 Å². The molecule has 114 valence electrons. The summed E-state index contributed by atoms with van der Waals surface area (Å²) in [5.41, 5.74) is 0.936. The maximum Gasteiger partial charge on any atom is 0.297 e. The first-order valence-corrected chi connectivity index (χ1v) is 8.64. The summed E-state index contributed by atoms with van der Waals surface area (Å²) in [6.45, 7) is 1.26. The van der Waals surface area contributed by atoms with E-state index in [1.807, 2.05) is 29.5 Å². The van der Waals surface area contributed by atoms with Crippen molar-refractivity contribution >= 4 is 32.7 Å². The molecule has 1 aromatic carbocycles. The molecule has 2 rings (SSSR count). The van der Waals surface area contributed by atoms with Crippen LogP contribution in [-0.4, -0.2) is 31.0 Å². The fourth-order valence-electron chi connectivity index (χ4n) is 1.63. The van der Waals surface area contributed by atoms with E-state index in [9.17, 15) is 12.8 Å². The van der Waals surface area contributed by atoms with Crippen molar-refractivity contribution in [2.75, 3.05) is 6.61 Å². The topological polar surface area (TPSA) is 61.2 Å². The number of nitrogens with zero attached hydrogens (tertiary/aromatic N) is 2. The quantitative estimate of drug-likeness (QED) is 0.529. The molecule has 1 heterocycles. The smallest absolute Gasteiger partial charge is 0.269 e. The van der Waals surface area contributed by atoms with Crippen LogP contribution >= 0.6 is 22.6 Å². The van der Waals surface area contributed by atoms with Crippen molar-refractivity contribution in [2.45, 2.75) is 24.5 Å². The molecule has 0 aliphatic rings. The molecule has 5 nitrogen and oxygen atoms in total. The number of hydrogen-bond acceptors (Lipinski definition) is 4. The van der Waals surface area contributed by atoms with Crippen LogP contribution in [0.15, 0.2) is 41.4 Å². The Morgan fingerprint density at radius 2 is 2.00 bits per heavy atom. The predicted molar refractivity (Wildman–Crippen MR) is 84.2 cm³/mol. The van der Waals surface area contributed by atoms with Gasteiger partial charge in [-0.25, -0.2) is 4.39 Å². The molecule has 0 saturated heterocycles. The summed E-state index contributed by atoms with van der Waals surface area (Å²) in [5, 5.41) is 4.02. The van der Waals surface area contributed by atoms with Crippen molar-refractivity contribution in [3.05, 3.63) is 45.8 Å². The van der Waals surface area contributed by atoms with Gasteiger partial charge in [-0.2, -0.15) is 13.5 Å². The molecule has 1 atom stereocenters. The number of aromatic nitrogens is 2. The minimum absolute atomic E-state index is 0.0222. The molecule has 0 fully saturated rings. The largest absolute Gasteiger partial charge is 0.297 e. The van der Waals surface area contributed by atoms with Crippen LogP contribution in [0.4, 0.5) is 4.39 Å². The van der Waals surface area contributed by atoms with Gasteiger partial charge in [0.2, 0.25) is 0 Å². The highest BCUT2D eigenvalue weighted by Crippen LogP contribution is 2.14. The van der Waals surface area contributed by atoms with E-state index in [1.54, 1.807) is 24.4 Å². The van der Waals surface area contributed by atoms with Crippen molar-refractivity contribution in [3.63, 3.8) is 0 Å². The van der Waals surface area contributed by atoms with Gasteiger partial charge in [0.1, 0.15) is 9.87 Å². The van der Waals surface area contributed by atoms with Crippen LogP contribution < -0.4 is 0 Å². The Morgan fingerprint density at radius 1 is 1.33 bits per heavy atom. The summed E-state index contributed by atoms with van der Waals surface area (Å²) in [6.07, 6.45) is 0.170. The Balaban J connectivity index is 1.93. The zero-order valence-corrected chi connectivity index (χ0v) is 14.2. The lowest BCUT2D eigenvalue weighted by atomic mass is 10.2. The third kappa shape index (κ3) is 4.75. The zero-order valence-electron chi connectivity index (χ0n) is 11.2. The molecule has 0 aliphatic heterocycles. The van der Waals surface area contributed by atoms with E-state index in [-0.39, 0.29) is 11.4 Å². The number of alkyl halides is 1. The van der Waals surface area contributed by atoms with E-state index in [0.29, 0.717) is 0 Å². The van der Waals surface area contributed by atoms with Crippen molar-refractivity contribution in [3.8, 4) is 0 Å². The van der Waals surface area contributed by atoms with Gasteiger partial charge in [0, 0.05) is 6.20 Å². The molecular formula is C13H14FIN2O3S. The molecule has 0 N–H and O–H groups in total. The van der Waals surface area contributed by atoms with Crippen molar-refractivity contribution in [1.29, 1.82) is 0 Å². The monoisotopic (exact) mass is 424 g/mol. The summed E-state index contributed by atoms with van der Waals surface area (Å²) in [4.78, 5) is 0.0222. The van der Waals surface area contributed by atoms with E-state index in [1.165, 1.54) is 16.8 Å². The van der Waals surface area contributed by atoms with Crippen LogP contribution in [0.3, 0.4) is 0 Å². The summed E-state index contributed by atoms with van der Waals surface area (Å²) < 4.78 is 44.4. The minimum Gasteiger partial charge on any atom is -0.269 e. The fourth-order valence-corrected chi connectivity index (χ4v) is 3.00. The average molecular weight is 424 g/mol. The lowest BCUT2D eigenvalue weighted by Crippen LogP contribution is -2.21. The molecule has 8 heteroatoms. The maximum absolute atomic E-state index is 13.8. The summed E-state index contributed by atoms with van der Waals surface area (Å²) in [5.74, 6) is 0. The zero-order chi connectivity index (χ0) is 15.5. The maximum atomic E-state index is 13.8. The van der Waals surface area contributed by atoms with Crippen LogP contribution in [0.25, 0.3) is 0 Å². The van der Waals surface area contributed by atoms with E-state index >= 15 is 0 Å². The van der Waals surface area contributed by atoms with Gasteiger partial charge in [0.25, 0.3) is 10.1 Å².